The van der Waals surface area contributed by atoms with E-state index in [2.05, 4.69) is 15.4 Å². The van der Waals surface area contributed by atoms with Crippen molar-refractivity contribution in [1.82, 2.24) is 19.9 Å². The monoisotopic (exact) mass is 340 g/mol. The van der Waals surface area contributed by atoms with Gasteiger partial charge in [-0.1, -0.05) is 30.3 Å². The van der Waals surface area contributed by atoms with Gasteiger partial charge in [0.2, 0.25) is 5.91 Å². The molecule has 0 aliphatic rings. The summed E-state index contributed by atoms with van der Waals surface area (Å²) in [6.45, 7) is 1.58. The molecule has 7 nitrogen and oxygen atoms in total. The minimum atomic E-state index is -0.458. The van der Waals surface area contributed by atoms with Crippen molar-refractivity contribution in [3.63, 3.8) is 0 Å². The third-order valence-corrected chi connectivity index (χ3v) is 4.17. The molecule has 0 aliphatic heterocycles. The zero-order chi connectivity index (χ0) is 17.8. The summed E-state index contributed by atoms with van der Waals surface area (Å²) in [5.41, 5.74) is 2.33. The van der Waals surface area contributed by atoms with E-state index in [1.54, 1.807) is 19.2 Å². The first-order chi connectivity index (χ1) is 12.1. The molecule has 0 aliphatic carbocycles. The van der Waals surface area contributed by atoms with Crippen LogP contribution in [0.5, 0.6) is 0 Å². The molecule has 3 aromatic rings. The molecule has 1 aromatic carbocycles. The van der Waals surface area contributed by atoms with Crippen LogP contribution in [0.2, 0.25) is 0 Å². The number of rotatable bonds is 6. The molecule has 3 rings (SSSR count). The van der Waals surface area contributed by atoms with Crippen LogP contribution in [0.15, 0.2) is 47.4 Å². The molecule has 0 spiro atoms. The first kappa shape index (κ1) is 16.9. The topological polar surface area (TPSA) is 99.5 Å². The molecule has 0 radical (unpaired) electrons. The molecule has 25 heavy (non-hydrogen) atoms. The number of nitrogens with zero attached hydrogens (tertiary/aromatic N) is 2. The highest BCUT2D eigenvalue weighted by Gasteiger charge is 2.16. The van der Waals surface area contributed by atoms with Crippen molar-refractivity contribution in [2.45, 2.75) is 25.8 Å². The summed E-state index contributed by atoms with van der Waals surface area (Å²) in [6, 6.07) is 10.5. The number of fused-ring (bicyclic) bond motifs is 1. The lowest BCUT2D eigenvalue weighted by atomic mass is 10.1. The number of H-pyrrole nitrogens is 1. The Bertz CT molecular complexity index is 930. The second-order valence-corrected chi connectivity index (χ2v) is 5.85. The number of carbonyl (C=O) groups is 1. The van der Waals surface area contributed by atoms with E-state index in [1.807, 2.05) is 30.3 Å². The van der Waals surface area contributed by atoms with Gasteiger partial charge in [-0.25, -0.2) is 9.50 Å². The minimum absolute atomic E-state index is 0.147. The maximum Gasteiger partial charge on any atom is 0.276 e. The second kappa shape index (κ2) is 7.31. The summed E-state index contributed by atoms with van der Waals surface area (Å²) < 4.78 is 1.36. The standard InChI is InChI=1S/C18H20N4O3/c1-12-14(18(25)22-16(20-12)9-10-19-22)7-8-17(24)21-15(11-23)13-5-3-2-4-6-13/h2-6,9-10,15,19,23H,7-8,11H2,1H3,(H,21,24). The van der Waals surface area contributed by atoms with E-state index >= 15 is 0 Å². The number of aliphatic hydroxyl groups is 1. The van der Waals surface area contributed by atoms with E-state index in [0.29, 0.717) is 23.3 Å². The molecular weight excluding hydrogens is 320 g/mol. The van der Waals surface area contributed by atoms with Gasteiger partial charge in [0.05, 0.1) is 12.6 Å². The van der Waals surface area contributed by atoms with Gasteiger partial charge in [0, 0.05) is 29.9 Å². The molecule has 1 unspecified atom stereocenters. The number of hydrogen-bond donors (Lipinski definition) is 3. The Balaban J connectivity index is 1.69. The van der Waals surface area contributed by atoms with Crippen LogP contribution >= 0.6 is 0 Å². The molecule has 7 heteroatoms. The molecule has 2 heterocycles. The summed E-state index contributed by atoms with van der Waals surface area (Å²) in [6.07, 6.45) is 2.08. The predicted molar refractivity (Wildman–Crippen MR) is 93.3 cm³/mol. The van der Waals surface area contributed by atoms with Crippen molar-refractivity contribution in [2.75, 3.05) is 6.61 Å². The average Bonchev–Trinajstić information content (AvgIpc) is 3.08. The number of nitrogens with one attached hydrogen (secondary N) is 2. The van der Waals surface area contributed by atoms with E-state index in [0.717, 1.165) is 5.56 Å². The van der Waals surface area contributed by atoms with Crippen LogP contribution in [-0.4, -0.2) is 32.2 Å². The second-order valence-electron chi connectivity index (χ2n) is 5.85. The van der Waals surface area contributed by atoms with Gasteiger partial charge in [-0.05, 0) is 18.9 Å². The normalized spacial score (nSPS) is 12.2. The number of aliphatic hydroxyl groups excluding tert-OH is 1. The Labute approximate surface area is 144 Å². The van der Waals surface area contributed by atoms with Gasteiger partial charge in [-0.15, -0.1) is 0 Å². The number of aromatic nitrogens is 3. The Kier molecular flexibility index (Phi) is 4.95. The molecule has 130 valence electrons. The molecule has 1 amide bonds. The molecule has 1 atom stereocenters. The molecule has 0 fully saturated rings. The first-order valence-electron chi connectivity index (χ1n) is 8.11. The lowest BCUT2D eigenvalue weighted by Crippen LogP contribution is -2.31. The van der Waals surface area contributed by atoms with Crippen molar-refractivity contribution in [2.24, 2.45) is 0 Å². The molecule has 0 saturated carbocycles. The molecule has 0 saturated heterocycles. The lowest BCUT2D eigenvalue weighted by molar-refractivity contribution is -0.122. The minimum Gasteiger partial charge on any atom is -0.394 e. The first-order valence-corrected chi connectivity index (χ1v) is 8.11. The van der Waals surface area contributed by atoms with Crippen molar-refractivity contribution in [3.05, 3.63) is 69.8 Å². The van der Waals surface area contributed by atoms with Crippen LogP contribution in [0.1, 0.15) is 29.3 Å². The van der Waals surface area contributed by atoms with Crippen molar-refractivity contribution < 1.29 is 9.90 Å². The quantitative estimate of drug-likeness (QED) is 0.626. The highest BCUT2D eigenvalue weighted by atomic mass is 16.3. The third kappa shape index (κ3) is 3.61. The summed E-state index contributed by atoms with van der Waals surface area (Å²) in [5, 5.41) is 15.1. The summed E-state index contributed by atoms with van der Waals surface area (Å²) >= 11 is 0. The van der Waals surface area contributed by atoms with Crippen LogP contribution in [0.25, 0.3) is 5.65 Å². The van der Waals surface area contributed by atoms with Gasteiger partial charge < -0.3 is 10.4 Å². The van der Waals surface area contributed by atoms with Gasteiger partial charge >= 0.3 is 0 Å². The largest absolute Gasteiger partial charge is 0.394 e. The van der Waals surface area contributed by atoms with Crippen LogP contribution in [-0.2, 0) is 11.2 Å². The fourth-order valence-electron chi connectivity index (χ4n) is 2.82. The SMILES string of the molecule is Cc1nc2cc[nH]n2c(=O)c1CCC(=O)NC(CO)c1ccccc1. The summed E-state index contributed by atoms with van der Waals surface area (Å²) in [4.78, 5) is 29.0. The zero-order valence-corrected chi connectivity index (χ0v) is 13.9. The van der Waals surface area contributed by atoms with E-state index in [4.69, 9.17) is 0 Å². The van der Waals surface area contributed by atoms with Gasteiger partial charge in [-0.2, -0.15) is 0 Å². The third-order valence-electron chi connectivity index (χ3n) is 4.17. The molecule has 3 N–H and O–H groups in total. The van der Waals surface area contributed by atoms with Crippen molar-refractivity contribution in [1.29, 1.82) is 0 Å². The Morgan fingerprint density at radius 3 is 2.80 bits per heavy atom. The van der Waals surface area contributed by atoms with E-state index in [1.165, 1.54) is 4.52 Å². The Morgan fingerprint density at radius 1 is 1.32 bits per heavy atom. The number of hydrogen-bond acceptors (Lipinski definition) is 4. The number of carbonyl (C=O) groups excluding carboxylic acids is 1. The Morgan fingerprint density at radius 2 is 2.08 bits per heavy atom. The fourth-order valence-corrected chi connectivity index (χ4v) is 2.82. The van der Waals surface area contributed by atoms with Crippen LogP contribution < -0.4 is 10.9 Å². The average molecular weight is 340 g/mol. The maximum atomic E-state index is 12.4. The molecule has 2 aromatic heterocycles. The fraction of sp³-hybridized carbons (Fsp3) is 0.278. The zero-order valence-electron chi connectivity index (χ0n) is 13.9. The van der Waals surface area contributed by atoms with Gasteiger partial charge in [0.15, 0.2) is 5.65 Å². The van der Waals surface area contributed by atoms with E-state index in [9.17, 15) is 14.7 Å². The predicted octanol–water partition coefficient (Wildman–Crippen LogP) is 1.11. The highest BCUT2D eigenvalue weighted by Crippen LogP contribution is 2.12. The van der Waals surface area contributed by atoms with Crippen LogP contribution in [0.3, 0.4) is 0 Å². The number of amides is 1. The smallest absolute Gasteiger partial charge is 0.276 e. The van der Waals surface area contributed by atoms with Gasteiger partial charge in [0.1, 0.15) is 0 Å². The molecular formula is C18H20N4O3. The lowest BCUT2D eigenvalue weighted by Gasteiger charge is -2.16. The van der Waals surface area contributed by atoms with E-state index in [-0.39, 0.29) is 24.5 Å². The number of aromatic amines is 1. The van der Waals surface area contributed by atoms with Crippen LogP contribution in [0.4, 0.5) is 0 Å². The number of aryl methyl sites for hydroxylation is 1. The molecule has 0 bridgehead atoms. The maximum absolute atomic E-state index is 12.4. The van der Waals surface area contributed by atoms with Gasteiger partial charge in [0.25, 0.3) is 5.56 Å². The Hall–Kier alpha value is -2.93. The van der Waals surface area contributed by atoms with Crippen molar-refractivity contribution >= 4 is 11.6 Å². The van der Waals surface area contributed by atoms with Crippen molar-refractivity contribution in [3.8, 4) is 0 Å². The van der Waals surface area contributed by atoms with E-state index < -0.39 is 6.04 Å². The summed E-state index contributed by atoms with van der Waals surface area (Å²) in [5.74, 6) is -0.224. The van der Waals surface area contributed by atoms with Crippen LogP contribution in [0, 0.1) is 6.92 Å². The van der Waals surface area contributed by atoms with Gasteiger partial charge in [-0.3, -0.25) is 14.7 Å². The highest BCUT2D eigenvalue weighted by molar-refractivity contribution is 5.76. The number of benzene rings is 1. The summed E-state index contributed by atoms with van der Waals surface area (Å²) in [7, 11) is 0.